The van der Waals surface area contributed by atoms with Crippen molar-refractivity contribution in [2.24, 2.45) is 5.73 Å². The van der Waals surface area contributed by atoms with Crippen molar-refractivity contribution in [3.8, 4) is 0 Å². The van der Waals surface area contributed by atoms with Gasteiger partial charge in [0.25, 0.3) is 0 Å². The van der Waals surface area contributed by atoms with Crippen LogP contribution in [0.25, 0.3) is 0 Å². The molecule has 2 atom stereocenters. The van der Waals surface area contributed by atoms with E-state index in [0.29, 0.717) is 19.6 Å². The number of hydrogen-bond acceptors (Lipinski definition) is 4. The number of nitrogens with two attached hydrogens (primary N) is 1. The minimum Gasteiger partial charge on any atom is -0.383 e. The fraction of sp³-hybridized carbons (Fsp3) is 0.909. The fourth-order valence-corrected chi connectivity index (χ4v) is 1.35. The van der Waals surface area contributed by atoms with Gasteiger partial charge in [0, 0.05) is 20.6 Å². The zero-order valence-electron chi connectivity index (χ0n) is 10.5. The maximum atomic E-state index is 11.6. The minimum atomic E-state index is 0.0142. The molecule has 0 heterocycles. The summed E-state index contributed by atoms with van der Waals surface area (Å²) < 4.78 is 10.1. The summed E-state index contributed by atoms with van der Waals surface area (Å²) in [6.07, 6.45) is 2.05. The molecule has 0 saturated heterocycles. The van der Waals surface area contributed by atoms with Crippen molar-refractivity contribution in [1.29, 1.82) is 0 Å². The van der Waals surface area contributed by atoms with Crippen LogP contribution in [0, 0.1) is 0 Å². The number of amides is 1. The molecule has 2 unspecified atom stereocenters. The van der Waals surface area contributed by atoms with Crippen LogP contribution >= 0.6 is 0 Å². The van der Waals surface area contributed by atoms with Gasteiger partial charge < -0.3 is 20.5 Å². The molecule has 16 heavy (non-hydrogen) atoms. The van der Waals surface area contributed by atoms with Gasteiger partial charge in [-0.05, 0) is 26.3 Å². The number of carbonyl (C=O) groups excluding carboxylic acids is 1. The molecule has 0 rings (SSSR count). The summed E-state index contributed by atoms with van der Waals surface area (Å²) in [4.78, 5) is 11.6. The fourth-order valence-electron chi connectivity index (χ4n) is 1.35. The lowest BCUT2D eigenvalue weighted by molar-refractivity contribution is -0.122. The second-order valence-corrected chi connectivity index (χ2v) is 3.88. The molecule has 0 aromatic heterocycles. The lowest BCUT2D eigenvalue weighted by Crippen LogP contribution is -2.39. The van der Waals surface area contributed by atoms with Gasteiger partial charge in [-0.3, -0.25) is 4.79 Å². The van der Waals surface area contributed by atoms with Crippen LogP contribution in [0.3, 0.4) is 0 Å². The third kappa shape index (κ3) is 7.62. The van der Waals surface area contributed by atoms with Gasteiger partial charge in [0.15, 0.2) is 0 Å². The Bertz CT molecular complexity index is 182. The summed E-state index contributed by atoms with van der Waals surface area (Å²) in [5.41, 5.74) is 5.45. The summed E-state index contributed by atoms with van der Waals surface area (Å²) in [5.74, 6) is 0.0272. The van der Waals surface area contributed by atoms with Gasteiger partial charge in [-0.2, -0.15) is 0 Å². The molecular formula is C11H24N2O3. The Kier molecular flexibility index (Phi) is 9.18. The van der Waals surface area contributed by atoms with Gasteiger partial charge in [0.1, 0.15) is 0 Å². The number of nitrogens with one attached hydrogen (secondary N) is 1. The van der Waals surface area contributed by atoms with E-state index in [9.17, 15) is 4.79 Å². The molecule has 0 aliphatic rings. The standard InChI is InChI=1S/C11H24N2O3/c1-9(16-3)4-5-11(14)13-10(6-7-12)8-15-2/h9-10H,4-8,12H2,1-3H3,(H,13,14). The van der Waals surface area contributed by atoms with Crippen LogP contribution in [0.1, 0.15) is 26.2 Å². The van der Waals surface area contributed by atoms with Gasteiger partial charge in [-0.25, -0.2) is 0 Å². The molecule has 5 heteroatoms. The first-order valence-electron chi connectivity index (χ1n) is 5.65. The Morgan fingerprint density at radius 3 is 2.56 bits per heavy atom. The predicted molar refractivity (Wildman–Crippen MR) is 63.2 cm³/mol. The molecule has 0 saturated carbocycles. The van der Waals surface area contributed by atoms with Gasteiger partial charge in [-0.1, -0.05) is 0 Å². The summed E-state index contributed by atoms with van der Waals surface area (Å²) in [6, 6.07) is 0.0142. The van der Waals surface area contributed by atoms with Crippen molar-refractivity contribution >= 4 is 5.91 Å². The van der Waals surface area contributed by atoms with E-state index >= 15 is 0 Å². The highest BCUT2D eigenvalue weighted by Gasteiger charge is 2.12. The third-order valence-electron chi connectivity index (χ3n) is 2.43. The van der Waals surface area contributed by atoms with Gasteiger partial charge in [0.05, 0.1) is 18.8 Å². The Labute approximate surface area is 97.7 Å². The molecule has 5 nitrogen and oxygen atoms in total. The maximum absolute atomic E-state index is 11.6. The molecule has 0 fully saturated rings. The lowest BCUT2D eigenvalue weighted by atomic mass is 10.1. The van der Waals surface area contributed by atoms with E-state index in [1.54, 1.807) is 14.2 Å². The van der Waals surface area contributed by atoms with Crippen molar-refractivity contribution in [1.82, 2.24) is 5.32 Å². The second kappa shape index (κ2) is 9.57. The van der Waals surface area contributed by atoms with Crippen LogP contribution in [-0.2, 0) is 14.3 Å². The topological polar surface area (TPSA) is 73.6 Å². The Morgan fingerprint density at radius 1 is 1.38 bits per heavy atom. The Hall–Kier alpha value is -0.650. The molecule has 0 spiro atoms. The van der Waals surface area contributed by atoms with E-state index in [2.05, 4.69) is 5.32 Å². The average Bonchev–Trinajstić information content (AvgIpc) is 2.26. The van der Waals surface area contributed by atoms with E-state index < -0.39 is 0 Å². The lowest BCUT2D eigenvalue weighted by Gasteiger charge is -2.17. The van der Waals surface area contributed by atoms with Crippen LogP contribution in [0.4, 0.5) is 0 Å². The van der Waals surface area contributed by atoms with Crippen molar-refractivity contribution < 1.29 is 14.3 Å². The highest BCUT2D eigenvalue weighted by Crippen LogP contribution is 2.01. The normalized spacial score (nSPS) is 14.5. The summed E-state index contributed by atoms with van der Waals surface area (Å²) in [5, 5.41) is 2.90. The molecular weight excluding hydrogens is 208 g/mol. The van der Waals surface area contributed by atoms with Crippen LogP contribution in [0.2, 0.25) is 0 Å². The highest BCUT2D eigenvalue weighted by atomic mass is 16.5. The van der Waals surface area contributed by atoms with Crippen molar-refractivity contribution in [3.05, 3.63) is 0 Å². The summed E-state index contributed by atoms with van der Waals surface area (Å²) in [7, 11) is 3.26. The molecule has 0 aromatic carbocycles. The molecule has 1 amide bonds. The van der Waals surface area contributed by atoms with Gasteiger partial charge >= 0.3 is 0 Å². The Morgan fingerprint density at radius 2 is 2.06 bits per heavy atom. The van der Waals surface area contributed by atoms with Crippen molar-refractivity contribution in [3.63, 3.8) is 0 Å². The average molecular weight is 232 g/mol. The number of ether oxygens (including phenoxy) is 2. The number of methoxy groups -OCH3 is 2. The quantitative estimate of drug-likeness (QED) is 0.599. The van der Waals surface area contributed by atoms with Crippen molar-refractivity contribution in [2.45, 2.75) is 38.3 Å². The minimum absolute atomic E-state index is 0.0142. The zero-order valence-corrected chi connectivity index (χ0v) is 10.5. The van der Waals surface area contributed by atoms with E-state index in [1.807, 2.05) is 6.92 Å². The smallest absolute Gasteiger partial charge is 0.220 e. The molecule has 0 aromatic rings. The number of rotatable bonds is 9. The Balaban J connectivity index is 3.80. The monoisotopic (exact) mass is 232 g/mol. The van der Waals surface area contributed by atoms with E-state index in [-0.39, 0.29) is 18.1 Å². The zero-order chi connectivity index (χ0) is 12.4. The first kappa shape index (κ1) is 15.3. The largest absolute Gasteiger partial charge is 0.383 e. The van der Waals surface area contributed by atoms with E-state index in [4.69, 9.17) is 15.2 Å². The predicted octanol–water partition coefficient (Wildman–Crippen LogP) is 0.282. The molecule has 0 aliphatic carbocycles. The highest BCUT2D eigenvalue weighted by molar-refractivity contribution is 5.76. The van der Waals surface area contributed by atoms with Crippen LogP contribution in [0.15, 0.2) is 0 Å². The molecule has 0 radical (unpaired) electrons. The van der Waals surface area contributed by atoms with Gasteiger partial charge in [-0.15, -0.1) is 0 Å². The molecule has 0 bridgehead atoms. The van der Waals surface area contributed by atoms with E-state index in [1.165, 1.54) is 0 Å². The summed E-state index contributed by atoms with van der Waals surface area (Å²) >= 11 is 0. The van der Waals surface area contributed by atoms with Crippen LogP contribution in [-0.4, -0.2) is 45.4 Å². The first-order chi connectivity index (χ1) is 7.63. The number of carbonyl (C=O) groups is 1. The molecule has 0 aliphatic heterocycles. The second-order valence-electron chi connectivity index (χ2n) is 3.88. The third-order valence-corrected chi connectivity index (χ3v) is 2.43. The molecule has 96 valence electrons. The number of hydrogen-bond donors (Lipinski definition) is 2. The molecule has 3 N–H and O–H groups in total. The van der Waals surface area contributed by atoms with Crippen molar-refractivity contribution in [2.75, 3.05) is 27.4 Å². The van der Waals surface area contributed by atoms with E-state index in [0.717, 1.165) is 12.8 Å². The first-order valence-corrected chi connectivity index (χ1v) is 5.65. The van der Waals surface area contributed by atoms with Gasteiger partial charge in [0.2, 0.25) is 5.91 Å². The van der Waals surface area contributed by atoms with Crippen LogP contribution in [0.5, 0.6) is 0 Å². The maximum Gasteiger partial charge on any atom is 0.220 e. The van der Waals surface area contributed by atoms with Crippen LogP contribution < -0.4 is 11.1 Å². The summed E-state index contributed by atoms with van der Waals surface area (Å²) in [6.45, 7) is 2.99. The SMILES string of the molecule is COCC(CCN)NC(=O)CCC(C)OC.